The number of nitrogens with zero attached hydrogens (tertiary/aromatic N) is 3. The fourth-order valence-electron chi connectivity index (χ4n) is 13.2. The van der Waals surface area contributed by atoms with Gasteiger partial charge in [-0.15, -0.1) is 0 Å². The molecule has 0 atom stereocenters. The number of aromatic nitrogens is 2. The van der Waals surface area contributed by atoms with Crippen molar-refractivity contribution in [2.45, 2.75) is 37.5 Å². The molecule has 2 aliphatic carbocycles. The number of hydrogen-bond donors (Lipinski definition) is 0. The van der Waals surface area contributed by atoms with Crippen LogP contribution in [0.3, 0.4) is 0 Å². The van der Waals surface area contributed by atoms with Crippen LogP contribution in [0.1, 0.15) is 43.2 Å². The highest BCUT2D eigenvalue weighted by molar-refractivity contribution is 6.22. The molecule has 3 aliphatic rings. The molecule has 3 heterocycles. The first-order valence-electron chi connectivity index (χ1n) is 24.7. The van der Waals surface area contributed by atoms with Crippen LogP contribution < -0.4 is 4.90 Å². The van der Waals surface area contributed by atoms with Gasteiger partial charge in [-0.3, -0.25) is 0 Å². The molecule has 0 bridgehead atoms. The van der Waals surface area contributed by atoms with Gasteiger partial charge in [-0.1, -0.05) is 177 Å². The summed E-state index contributed by atoms with van der Waals surface area (Å²) in [4.78, 5) is 2.71. The third-order valence-corrected chi connectivity index (χ3v) is 16.0. The fourth-order valence-corrected chi connectivity index (χ4v) is 13.2. The summed E-state index contributed by atoms with van der Waals surface area (Å²) in [7, 11) is 0. The van der Waals surface area contributed by atoms with E-state index >= 15 is 0 Å². The Morgan fingerprint density at radius 3 is 1.72 bits per heavy atom. The molecule has 0 saturated heterocycles. The summed E-state index contributed by atoms with van der Waals surface area (Å²) in [5.41, 5.74) is 24.0. The lowest BCUT2D eigenvalue weighted by atomic mass is 9.67. The highest BCUT2D eigenvalue weighted by Crippen LogP contribution is 2.65. The van der Waals surface area contributed by atoms with Gasteiger partial charge in [0.25, 0.3) is 0 Å². The summed E-state index contributed by atoms with van der Waals surface area (Å²) in [5.74, 6) is 0. The van der Waals surface area contributed by atoms with Crippen molar-refractivity contribution in [3.05, 3.63) is 236 Å². The molecule has 0 N–H and O–H groups in total. The van der Waals surface area contributed by atoms with E-state index in [9.17, 15) is 0 Å². The Labute approximate surface area is 401 Å². The third-order valence-electron chi connectivity index (χ3n) is 16.0. The van der Waals surface area contributed by atoms with Crippen LogP contribution in [0.5, 0.6) is 0 Å². The number of benzene rings is 10. The summed E-state index contributed by atoms with van der Waals surface area (Å²) in [6.07, 6.45) is 5.88. The molecular formula is C66H47N3. The van der Waals surface area contributed by atoms with Gasteiger partial charge in [0, 0.05) is 49.5 Å². The highest BCUT2D eigenvalue weighted by atomic mass is 15.2. The molecular weight excluding hydrogens is 835 g/mol. The summed E-state index contributed by atoms with van der Waals surface area (Å²) in [6.45, 7) is 0. The Morgan fingerprint density at radius 2 is 0.986 bits per heavy atom. The van der Waals surface area contributed by atoms with Crippen molar-refractivity contribution in [3.8, 4) is 55.9 Å². The van der Waals surface area contributed by atoms with Gasteiger partial charge >= 0.3 is 0 Å². The normalized spacial score (nSPS) is 14.2. The molecule has 12 aromatic rings. The maximum atomic E-state index is 2.71. The van der Waals surface area contributed by atoms with Crippen molar-refractivity contribution < 1.29 is 0 Å². The van der Waals surface area contributed by atoms with Gasteiger partial charge in [0.2, 0.25) is 0 Å². The van der Waals surface area contributed by atoms with Gasteiger partial charge in [-0.25, -0.2) is 0 Å². The van der Waals surface area contributed by atoms with Crippen LogP contribution in [-0.4, -0.2) is 9.13 Å². The first-order valence-corrected chi connectivity index (χ1v) is 24.7. The second-order valence-corrected chi connectivity index (χ2v) is 19.5. The summed E-state index contributed by atoms with van der Waals surface area (Å²) in [5, 5.41) is 5.04. The lowest BCUT2D eigenvalue weighted by molar-refractivity contribution is 0.353. The van der Waals surface area contributed by atoms with Gasteiger partial charge in [0.1, 0.15) is 0 Å². The molecule has 10 aromatic carbocycles. The topological polar surface area (TPSA) is 13.1 Å². The average Bonchev–Trinajstić information content (AvgIpc) is 4.00. The second-order valence-electron chi connectivity index (χ2n) is 19.5. The molecule has 1 spiro atoms. The van der Waals surface area contributed by atoms with E-state index < -0.39 is 0 Å². The van der Waals surface area contributed by atoms with Crippen LogP contribution in [0.4, 0.5) is 17.1 Å². The van der Waals surface area contributed by atoms with Crippen molar-refractivity contribution in [2.24, 2.45) is 0 Å². The summed E-state index contributed by atoms with van der Waals surface area (Å²) < 4.78 is 5.09. The minimum Gasteiger partial charge on any atom is -0.309 e. The Kier molecular flexibility index (Phi) is 8.30. The van der Waals surface area contributed by atoms with Gasteiger partial charge < -0.3 is 14.0 Å². The molecule has 69 heavy (non-hydrogen) atoms. The maximum Gasteiger partial charge on any atom is 0.0624 e. The minimum atomic E-state index is -0.181. The standard InChI is InChI=1S/C66H47N3/c1-5-21-43(22-6-1)45-39-46(44-23-7-2-8-24-44)41-48(40-45)68(59-36-20-35-58-62(59)52-29-13-16-34-57(52)67(58)47-25-9-3-10-26-47)60-42-53-50-28-12-15-33-56(50)69-55-32-14-11-27-49(55)51-30-19-31-54-61(51)63(65(53)69)64(60)66(54)37-17-4-18-38-66/h1-3,5-16,19-36,39-42H,4,17-18,37-38H2. The first kappa shape index (κ1) is 38.7. The van der Waals surface area contributed by atoms with E-state index in [1.807, 2.05) is 0 Å². The zero-order chi connectivity index (χ0) is 45.2. The molecule has 2 aromatic heterocycles. The molecule has 15 rings (SSSR count). The molecule has 3 heteroatoms. The zero-order valence-electron chi connectivity index (χ0n) is 38.2. The van der Waals surface area contributed by atoms with E-state index in [0.717, 1.165) is 24.2 Å². The summed E-state index contributed by atoms with van der Waals surface area (Å²) in [6, 6.07) is 84.4. The number of fused-ring (bicyclic) bond motifs is 11. The van der Waals surface area contributed by atoms with Crippen LogP contribution in [0.25, 0.3) is 99.5 Å². The molecule has 3 nitrogen and oxygen atoms in total. The van der Waals surface area contributed by atoms with E-state index in [-0.39, 0.29) is 5.41 Å². The lowest BCUT2D eigenvalue weighted by Gasteiger charge is -2.40. The van der Waals surface area contributed by atoms with E-state index in [1.54, 1.807) is 0 Å². The van der Waals surface area contributed by atoms with Gasteiger partial charge in [-0.05, 0) is 124 Å². The molecule has 326 valence electrons. The monoisotopic (exact) mass is 881 g/mol. The quantitative estimate of drug-likeness (QED) is 0.162. The van der Waals surface area contributed by atoms with Crippen molar-refractivity contribution >= 4 is 60.7 Å². The smallest absolute Gasteiger partial charge is 0.0624 e. The van der Waals surface area contributed by atoms with Crippen LogP contribution >= 0.6 is 0 Å². The maximum absolute atomic E-state index is 2.71. The summed E-state index contributed by atoms with van der Waals surface area (Å²) >= 11 is 0. The first-order chi connectivity index (χ1) is 34.2. The Bertz CT molecular complexity index is 3980. The minimum absolute atomic E-state index is 0.181. The van der Waals surface area contributed by atoms with Crippen molar-refractivity contribution in [1.82, 2.24) is 9.13 Å². The van der Waals surface area contributed by atoms with Gasteiger partial charge in [0.05, 0.1) is 39.1 Å². The van der Waals surface area contributed by atoms with E-state index in [4.69, 9.17) is 0 Å². The van der Waals surface area contributed by atoms with Crippen LogP contribution in [0.15, 0.2) is 224 Å². The molecule has 1 fully saturated rings. The number of hydrogen-bond acceptors (Lipinski definition) is 1. The van der Waals surface area contributed by atoms with Crippen LogP contribution in [0, 0.1) is 0 Å². The van der Waals surface area contributed by atoms with E-state index in [1.165, 1.54) is 136 Å². The SMILES string of the molecule is c1ccc(-c2cc(-c3ccccc3)cc(N(c3cc4c5ccccc5n5c4c4c3C3(CCCCC3)c3cccc(c3-4)-c3ccccc3-5)c3cccc4c3c3ccccc3n4-c3ccccc3)c2)cc1. The van der Waals surface area contributed by atoms with Gasteiger partial charge in [0.15, 0.2) is 0 Å². The molecule has 0 unspecified atom stereocenters. The van der Waals surface area contributed by atoms with Crippen molar-refractivity contribution in [2.75, 3.05) is 4.90 Å². The van der Waals surface area contributed by atoms with Crippen molar-refractivity contribution in [1.29, 1.82) is 0 Å². The number of para-hydroxylation sites is 4. The Morgan fingerprint density at radius 1 is 0.391 bits per heavy atom. The van der Waals surface area contributed by atoms with Crippen LogP contribution in [0.2, 0.25) is 0 Å². The van der Waals surface area contributed by atoms with Crippen molar-refractivity contribution in [3.63, 3.8) is 0 Å². The highest BCUT2D eigenvalue weighted by Gasteiger charge is 2.49. The molecule has 1 saturated carbocycles. The molecule has 0 radical (unpaired) electrons. The molecule has 0 amide bonds. The Hall–Kier alpha value is -8.40. The number of anilines is 3. The molecule has 1 aliphatic heterocycles. The lowest BCUT2D eigenvalue weighted by Crippen LogP contribution is -2.30. The third kappa shape index (κ3) is 5.44. The fraction of sp³-hybridized carbons (Fsp3) is 0.0909. The zero-order valence-corrected chi connectivity index (χ0v) is 38.2. The predicted octanol–water partition coefficient (Wildman–Crippen LogP) is 17.9. The van der Waals surface area contributed by atoms with Gasteiger partial charge in [-0.2, -0.15) is 0 Å². The largest absolute Gasteiger partial charge is 0.309 e. The predicted molar refractivity (Wildman–Crippen MR) is 289 cm³/mol. The second kappa shape index (κ2) is 14.8. The number of rotatable bonds is 6. The average molecular weight is 882 g/mol. The van der Waals surface area contributed by atoms with Crippen LogP contribution in [-0.2, 0) is 5.41 Å². The van der Waals surface area contributed by atoms with E-state index in [2.05, 4.69) is 238 Å². The van der Waals surface area contributed by atoms with E-state index in [0.29, 0.717) is 0 Å². The Balaban J connectivity index is 1.15.